The molecule has 0 bridgehead atoms. The van der Waals surface area contributed by atoms with Crippen LogP contribution in [-0.2, 0) is 14.4 Å². The number of hydrazone groups is 1. The van der Waals surface area contributed by atoms with E-state index in [2.05, 4.69) is 21.2 Å². The number of rotatable bonds is 6. The summed E-state index contributed by atoms with van der Waals surface area (Å²) in [5, 5.41) is 9.15. The van der Waals surface area contributed by atoms with E-state index in [1.54, 1.807) is 31.2 Å². The van der Waals surface area contributed by atoms with Gasteiger partial charge in [0, 0.05) is 11.4 Å². The van der Waals surface area contributed by atoms with E-state index in [9.17, 15) is 14.4 Å². The first-order chi connectivity index (χ1) is 14.2. The lowest BCUT2D eigenvalue weighted by Gasteiger charge is -2.13. The summed E-state index contributed by atoms with van der Waals surface area (Å²) >= 11 is 0. The Morgan fingerprint density at radius 3 is 2.23 bits per heavy atom. The summed E-state index contributed by atoms with van der Waals surface area (Å²) in [6.07, 6.45) is -0.0266. The molecule has 0 unspecified atom stereocenters. The van der Waals surface area contributed by atoms with Gasteiger partial charge in [-0.15, -0.1) is 0 Å². The minimum absolute atomic E-state index is 0.0266. The summed E-state index contributed by atoms with van der Waals surface area (Å²) in [4.78, 5) is 36.3. The third-order valence-corrected chi connectivity index (χ3v) is 4.27. The predicted octanol–water partition coefficient (Wildman–Crippen LogP) is 3.08. The van der Waals surface area contributed by atoms with Crippen molar-refractivity contribution in [3.8, 4) is 5.75 Å². The van der Waals surface area contributed by atoms with Gasteiger partial charge >= 0.3 is 11.8 Å². The molecular weight excluding hydrogens is 384 g/mol. The van der Waals surface area contributed by atoms with Crippen molar-refractivity contribution >= 4 is 34.8 Å². The van der Waals surface area contributed by atoms with Crippen molar-refractivity contribution in [1.82, 2.24) is 5.43 Å². The van der Waals surface area contributed by atoms with Crippen molar-refractivity contribution in [3.63, 3.8) is 0 Å². The summed E-state index contributed by atoms with van der Waals surface area (Å²) < 4.78 is 5.12. The fourth-order valence-corrected chi connectivity index (χ4v) is 2.96. The van der Waals surface area contributed by atoms with Crippen LogP contribution in [0.4, 0.5) is 11.4 Å². The highest BCUT2D eigenvalue weighted by molar-refractivity contribution is 6.39. The van der Waals surface area contributed by atoms with Crippen LogP contribution in [0, 0.1) is 20.8 Å². The Labute approximate surface area is 175 Å². The Morgan fingerprint density at radius 1 is 0.967 bits per heavy atom. The number of para-hydroxylation sites is 2. The highest BCUT2D eigenvalue weighted by Gasteiger charge is 2.16. The quantitative estimate of drug-likeness (QED) is 0.386. The predicted molar refractivity (Wildman–Crippen MR) is 117 cm³/mol. The topological polar surface area (TPSA) is 109 Å². The highest BCUT2D eigenvalue weighted by atomic mass is 16.5. The van der Waals surface area contributed by atoms with Crippen LogP contribution >= 0.6 is 0 Å². The largest absolute Gasteiger partial charge is 0.495 e. The highest BCUT2D eigenvalue weighted by Crippen LogP contribution is 2.23. The van der Waals surface area contributed by atoms with E-state index >= 15 is 0 Å². The Kier molecular flexibility index (Phi) is 7.69. The van der Waals surface area contributed by atoms with Crippen molar-refractivity contribution in [1.29, 1.82) is 0 Å². The fourth-order valence-electron chi connectivity index (χ4n) is 2.96. The van der Waals surface area contributed by atoms with Crippen molar-refractivity contribution in [2.75, 3.05) is 17.7 Å². The summed E-state index contributed by atoms with van der Waals surface area (Å²) in [5.74, 6) is -1.69. The van der Waals surface area contributed by atoms with Gasteiger partial charge in [-0.1, -0.05) is 29.8 Å². The maximum Gasteiger partial charge on any atom is 0.329 e. The molecule has 0 saturated carbocycles. The zero-order valence-electron chi connectivity index (χ0n) is 17.8. The molecule has 158 valence electrons. The van der Waals surface area contributed by atoms with E-state index in [1.807, 2.05) is 32.9 Å². The SMILES string of the molecule is COc1ccccc1NC(=O)C(=O)N/N=C(\C)CC(=O)Nc1c(C)cc(C)cc1C. The van der Waals surface area contributed by atoms with E-state index in [0.717, 1.165) is 22.4 Å². The number of benzene rings is 2. The Bertz CT molecular complexity index is 975. The lowest BCUT2D eigenvalue weighted by molar-refractivity contribution is -0.136. The molecule has 8 nitrogen and oxygen atoms in total. The number of aryl methyl sites for hydroxylation is 3. The zero-order chi connectivity index (χ0) is 22.3. The van der Waals surface area contributed by atoms with E-state index in [4.69, 9.17) is 4.74 Å². The summed E-state index contributed by atoms with van der Waals surface area (Å²) in [6, 6.07) is 10.7. The summed E-state index contributed by atoms with van der Waals surface area (Å²) in [5.41, 5.74) is 6.70. The van der Waals surface area contributed by atoms with Crippen molar-refractivity contribution in [2.24, 2.45) is 5.10 Å². The smallest absolute Gasteiger partial charge is 0.329 e. The number of ether oxygens (including phenoxy) is 1. The average molecular weight is 410 g/mol. The second-order valence-electron chi connectivity index (χ2n) is 6.94. The minimum atomic E-state index is -0.953. The van der Waals surface area contributed by atoms with Crippen LogP contribution in [0.3, 0.4) is 0 Å². The number of carbonyl (C=O) groups excluding carboxylic acids is 3. The van der Waals surface area contributed by atoms with Gasteiger partial charge in [-0.25, -0.2) is 5.43 Å². The van der Waals surface area contributed by atoms with Crippen LogP contribution in [0.25, 0.3) is 0 Å². The summed E-state index contributed by atoms with van der Waals surface area (Å²) in [7, 11) is 1.46. The normalized spacial score (nSPS) is 10.9. The molecule has 0 radical (unpaired) electrons. The van der Waals surface area contributed by atoms with Gasteiger partial charge in [0.25, 0.3) is 0 Å². The van der Waals surface area contributed by atoms with Crippen LogP contribution in [0.5, 0.6) is 5.75 Å². The molecule has 2 aromatic rings. The number of methoxy groups -OCH3 is 1. The standard InChI is InChI=1S/C22H26N4O4/c1-13-10-14(2)20(15(3)11-13)24-19(27)12-16(4)25-26-22(29)21(28)23-17-8-6-7-9-18(17)30-5/h6-11H,12H2,1-5H3,(H,23,28)(H,24,27)(H,26,29)/b25-16+. The number of hydrogen-bond acceptors (Lipinski definition) is 5. The molecule has 0 saturated heterocycles. The van der Waals surface area contributed by atoms with E-state index in [-0.39, 0.29) is 12.3 Å². The van der Waals surface area contributed by atoms with Gasteiger partial charge in [-0.05, 0) is 51.0 Å². The Balaban J connectivity index is 1.92. The van der Waals surface area contributed by atoms with Gasteiger partial charge in [-0.3, -0.25) is 14.4 Å². The van der Waals surface area contributed by atoms with Crippen molar-refractivity contribution in [3.05, 3.63) is 53.1 Å². The molecule has 3 amide bonds. The minimum Gasteiger partial charge on any atom is -0.495 e. The number of nitrogens with zero attached hydrogens (tertiary/aromatic N) is 1. The van der Waals surface area contributed by atoms with Gasteiger partial charge in [0.2, 0.25) is 5.91 Å². The van der Waals surface area contributed by atoms with Gasteiger partial charge < -0.3 is 15.4 Å². The molecule has 0 aliphatic rings. The maximum atomic E-state index is 12.3. The third-order valence-electron chi connectivity index (χ3n) is 4.27. The second-order valence-corrected chi connectivity index (χ2v) is 6.94. The van der Waals surface area contributed by atoms with Crippen LogP contribution in [0.15, 0.2) is 41.5 Å². The Hall–Kier alpha value is -3.68. The van der Waals surface area contributed by atoms with Crippen LogP contribution in [-0.4, -0.2) is 30.5 Å². The monoisotopic (exact) mass is 410 g/mol. The van der Waals surface area contributed by atoms with Gasteiger partial charge in [0.15, 0.2) is 0 Å². The van der Waals surface area contributed by atoms with E-state index in [0.29, 0.717) is 17.1 Å². The molecule has 30 heavy (non-hydrogen) atoms. The maximum absolute atomic E-state index is 12.3. The number of anilines is 2. The van der Waals surface area contributed by atoms with Gasteiger partial charge in [-0.2, -0.15) is 5.10 Å². The first-order valence-electron chi connectivity index (χ1n) is 9.36. The lowest BCUT2D eigenvalue weighted by atomic mass is 10.0. The van der Waals surface area contributed by atoms with Crippen LogP contribution in [0.2, 0.25) is 0 Å². The first kappa shape index (κ1) is 22.6. The Morgan fingerprint density at radius 2 is 1.60 bits per heavy atom. The molecule has 0 heterocycles. The molecule has 0 aliphatic heterocycles. The number of nitrogens with one attached hydrogen (secondary N) is 3. The molecule has 3 N–H and O–H groups in total. The van der Waals surface area contributed by atoms with E-state index < -0.39 is 11.8 Å². The molecule has 0 aliphatic carbocycles. The molecule has 8 heteroatoms. The number of carbonyl (C=O) groups is 3. The summed E-state index contributed by atoms with van der Waals surface area (Å²) in [6.45, 7) is 7.44. The second kappa shape index (κ2) is 10.2. The molecule has 0 atom stereocenters. The van der Waals surface area contributed by atoms with E-state index in [1.165, 1.54) is 7.11 Å². The molecule has 2 aromatic carbocycles. The molecule has 0 aromatic heterocycles. The third kappa shape index (κ3) is 6.16. The fraction of sp³-hybridized carbons (Fsp3) is 0.273. The zero-order valence-corrected chi connectivity index (χ0v) is 17.8. The van der Waals surface area contributed by atoms with Gasteiger partial charge in [0.1, 0.15) is 5.75 Å². The van der Waals surface area contributed by atoms with Crippen molar-refractivity contribution in [2.45, 2.75) is 34.1 Å². The van der Waals surface area contributed by atoms with Gasteiger partial charge in [0.05, 0.1) is 19.2 Å². The van der Waals surface area contributed by atoms with Crippen LogP contribution in [0.1, 0.15) is 30.0 Å². The number of amides is 3. The lowest BCUT2D eigenvalue weighted by Crippen LogP contribution is -2.33. The van der Waals surface area contributed by atoms with Crippen molar-refractivity contribution < 1.29 is 19.1 Å². The molecule has 2 rings (SSSR count). The average Bonchev–Trinajstić information content (AvgIpc) is 2.69. The molecular formula is C22H26N4O4. The molecule has 0 fully saturated rings. The molecule has 0 spiro atoms. The van der Waals surface area contributed by atoms with Crippen LogP contribution < -0.4 is 20.8 Å². The first-order valence-corrected chi connectivity index (χ1v) is 9.36. The number of hydrogen-bond donors (Lipinski definition) is 3.